The molecule has 1 aliphatic heterocycles. The Bertz CT molecular complexity index is 1990. The summed E-state index contributed by atoms with van der Waals surface area (Å²) in [6.45, 7) is 28.7. The summed E-state index contributed by atoms with van der Waals surface area (Å²) in [6, 6.07) is 0.0396. The summed E-state index contributed by atoms with van der Waals surface area (Å²) in [5, 5.41) is 9.75. The number of imidazole rings is 1. The number of carbonyl (C=O) groups is 3. The van der Waals surface area contributed by atoms with Crippen LogP contribution in [0.1, 0.15) is 190 Å². The van der Waals surface area contributed by atoms with Gasteiger partial charge in [-0.3, -0.25) is 14.4 Å². The van der Waals surface area contributed by atoms with Gasteiger partial charge in [0, 0.05) is 36.7 Å². The molecule has 0 unspecified atom stereocenters. The van der Waals surface area contributed by atoms with E-state index in [4.69, 9.17) is 9.72 Å². The van der Waals surface area contributed by atoms with Crippen LogP contribution in [0.4, 0.5) is 0 Å². The van der Waals surface area contributed by atoms with Crippen molar-refractivity contribution in [2.24, 2.45) is 79.3 Å². The Hall–Kier alpha value is -2.42. The number of ether oxygens (including phenoxy) is 1. The number of aliphatic carboxylic acids is 1. The summed E-state index contributed by atoms with van der Waals surface area (Å²) in [4.78, 5) is 51.7. The van der Waals surface area contributed by atoms with Crippen LogP contribution in [0.3, 0.4) is 0 Å². The van der Waals surface area contributed by atoms with Crippen molar-refractivity contribution in [2.45, 2.75) is 197 Å². The number of hydrogen-bond acceptors (Lipinski definition) is 6. The van der Waals surface area contributed by atoms with E-state index < -0.39 is 17.3 Å². The molecule has 352 valence electrons. The van der Waals surface area contributed by atoms with Gasteiger partial charge in [-0.2, -0.15) is 0 Å². The number of fused-ring (bicyclic) bond motifs is 7. The standard InChI is InChI=1S/C54H86N4O5/c1-47(2,3)40-32-57(30-29-56(12)13)43(55-40)37-15-14-28-58(37)46(62)54-23-18-33(50(8)24-25-50)42(54)34-16-17-39-51(9)21-20-41(63-45(61)36-31-35(44(59)60)48(36,4)5)49(6,7)38(51)19-22-53(39,11)52(34,10)26-27-54/h32-39,41-42H,14-31H2,1-13H3,(H,59,60)/t33-,34-,35+,36-,37+,38+,39-,41+,42-,51+,52-,53-,54+/m1/s1. The van der Waals surface area contributed by atoms with Crippen LogP contribution in [0.25, 0.3) is 0 Å². The molecule has 8 aliphatic rings. The lowest BCUT2D eigenvalue weighted by atomic mass is 9.32. The molecule has 0 aromatic carbocycles. The van der Waals surface area contributed by atoms with Crippen LogP contribution in [0.5, 0.6) is 0 Å². The monoisotopic (exact) mass is 871 g/mol. The lowest BCUT2D eigenvalue weighted by Crippen LogP contribution is -2.67. The second-order valence-electron chi connectivity index (χ2n) is 26.8. The van der Waals surface area contributed by atoms with E-state index in [1.54, 1.807) is 0 Å². The van der Waals surface area contributed by atoms with E-state index in [1.165, 1.54) is 38.5 Å². The van der Waals surface area contributed by atoms with E-state index >= 15 is 4.79 Å². The number of likely N-dealkylation sites (tertiary alicyclic amines) is 1. The third-order valence-electron chi connectivity index (χ3n) is 22.0. The maximum atomic E-state index is 16.0. The Morgan fingerprint density at radius 3 is 2.14 bits per heavy atom. The molecule has 1 aromatic heterocycles. The van der Waals surface area contributed by atoms with E-state index in [-0.39, 0.29) is 56.5 Å². The number of carboxylic acid groups (broad SMARTS) is 1. The Balaban J connectivity index is 0.991. The molecule has 0 bridgehead atoms. The maximum absolute atomic E-state index is 16.0. The number of likely N-dealkylation sites (N-methyl/N-ethyl adjacent to an activating group) is 1. The molecule has 8 fully saturated rings. The number of aromatic nitrogens is 2. The van der Waals surface area contributed by atoms with Gasteiger partial charge in [-0.1, -0.05) is 76.2 Å². The molecular weight excluding hydrogens is 785 g/mol. The van der Waals surface area contributed by atoms with E-state index in [0.29, 0.717) is 47.3 Å². The third-order valence-corrected chi connectivity index (χ3v) is 22.0. The second-order valence-corrected chi connectivity index (χ2v) is 26.8. The van der Waals surface area contributed by atoms with Crippen molar-refractivity contribution in [2.75, 3.05) is 27.2 Å². The summed E-state index contributed by atoms with van der Waals surface area (Å²) in [5.74, 6) is 2.36. The van der Waals surface area contributed by atoms with Crippen molar-refractivity contribution < 1.29 is 24.2 Å². The summed E-state index contributed by atoms with van der Waals surface area (Å²) in [6.07, 6.45) is 18.3. The van der Waals surface area contributed by atoms with Gasteiger partial charge in [0.05, 0.1) is 29.0 Å². The molecule has 7 saturated carbocycles. The second kappa shape index (κ2) is 14.8. The van der Waals surface area contributed by atoms with Gasteiger partial charge >= 0.3 is 11.9 Å². The van der Waals surface area contributed by atoms with Crippen molar-refractivity contribution >= 4 is 17.8 Å². The van der Waals surface area contributed by atoms with Gasteiger partial charge in [-0.05, 0) is 167 Å². The fourth-order valence-electron chi connectivity index (χ4n) is 17.6. The molecule has 9 nitrogen and oxygen atoms in total. The number of hydrogen-bond donors (Lipinski definition) is 1. The van der Waals surface area contributed by atoms with Gasteiger partial charge in [0.15, 0.2) is 0 Å². The highest BCUT2D eigenvalue weighted by Crippen LogP contribution is 2.79. The zero-order chi connectivity index (χ0) is 45.7. The van der Waals surface area contributed by atoms with Crippen molar-refractivity contribution in [3.63, 3.8) is 0 Å². The minimum atomic E-state index is -0.808. The number of carboxylic acids is 1. The van der Waals surface area contributed by atoms with E-state index in [9.17, 15) is 14.7 Å². The van der Waals surface area contributed by atoms with Crippen molar-refractivity contribution in [1.82, 2.24) is 19.4 Å². The van der Waals surface area contributed by atoms with Crippen LogP contribution in [0, 0.1) is 79.3 Å². The number of carbonyl (C=O) groups excluding carboxylic acids is 2. The zero-order valence-corrected chi connectivity index (χ0v) is 41.9. The first-order valence-corrected chi connectivity index (χ1v) is 25.7. The maximum Gasteiger partial charge on any atom is 0.309 e. The van der Waals surface area contributed by atoms with Gasteiger partial charge in [0.1, 0.15) is 11.9 Å². The summed E-state index contributed by atoms with van der Waals surface area (Å²) in [5.41, 5.74) is 0.858. The zero-order valence-electron chi connectivity index (χ0n) is 41.9. The average molecular weight is 871 g/mol. The molecule has 9 heteroatoms. The quantitative estimate of drug-likeness (QED) is 0.246. The summed E-state index contributed by atoms with van der Waals surface area (Å²) >= 11 is 0. The molecule has 1 N–H and O–H groups in total. The first-order chi connectivity index (χ1) is 29.3. The highest BCUT2D eigenvalue weighted by Gasteiger charge is 2.74. The highest BCUT2D eigenvalue weighted by atomic mass is 16.5. The first-order valence-electron chi connectivity index (χ1n) is 25.7. The molecule has 13 atom stereocenters. The SMILES string of the molecule is CN(C)CCn1cc(C(C)(C)C)nc1[C@@H]1CCCN1C(=O)[C@]12CC[C@@H](C3(C)CC3)[C@@H]1[C@H]1CC[C@@H]3[C@@]4(C)CC[C@H](OC(=O)[C@H]5C[C@@H](C(=O)O)C5(C)C)C(C)(C)[C@@H]4CC[C@@]3(C)[C@]1(C)CC2. The molecule has 2 heterocycles. The van der Waals surface area contributed by atoms with Crippen LogP contribution in [-0.4, -0.2) is 75.6 Å². The van der Waals surface area contributed by atoms with Crippen LogP contribution in [0.2, 0.25) is 0 Å². The topological polar surface area (TPSA) is 105 Å². The predicted molar refractivity (Wildman–Crippen MR) is 248 cm³/mol. The molecular formula is C54H86N4O5. The Morgan fingerprint density at radius 1 is 0.794 bits per heavy atom. The molecule has 0 spiro atoms. The van der Waals surface area contributed by atoms with Gasteiger partial charge in [0.2, 0.25) is 5.91 Å². The van der Waals surface area contributed by atoms with Crippen molar-refractivity contribution in [3.8, 4) is 0 Å². The molecule has 1 aromatic rings. The number of rotatable bonds is 9. The third kappa shape index (κ3) is 6.63. The van der Waals surface area contributed by atoms with Crippen LogP contribution in [0.15, 0.2) is 6.20 Å². The Kier molecular flexibility index (Phi) is 10.7. The lowest BCUT2D eigenvalue weighted by Gasteiger charge is -2.73. The largest absolute Gasteiger partial charge is 0.481 e. The highest BCUT2D eigenvalue weighted by molar-refractivity contribution is 5.85. The molecule has 9 rings (SSSR count). The molecule has 1 saturated heterocycles. The van der Waals surface area contributed by atoms with Crippen LogP contribution >= 0.6 is 0 Å². The Labute approximate surface area is 381 Å². The smallest absolute Gasteiger partial charge is 0.309 e. The predicted octanol–water partition coefficient (Wildman–Crippen LogP) is 10.9. The molecule has 1 amide bonds. The molecule has 7 aliphatic carbocycles. The normalized spacial score (nSPS) is 43.3. The minimum absolute atomic E-state index is 0.0396. The minimum Gasteiger partial charge on any atom is -0.481 e. The average Bonchev–Trinajstić information content (AvgIpc) is 3.54. The molecule has 0 radical (unpaired) electrons. The van der Waals surface area contributed by atoms with Crippen LogP contribution in [-0.2, 0) is 31.1 Å². The van der Waals surface area contributed by atoms with Crippen LogP contribution < -0.4 is 0 Å². The number of amides is 1. The Morgan fingerprint density at radius 2 is 1.51 bits per heavy atom. The van der Waals surface area contributed by atoms with Gasteiger partial charge in [-0.25, -0.2) is 4.98 Å². The van der Waals surface area contributed by atoms with Gasteiger partial charge < -0.3 is 24.2 Å². The van der Waals surface area contributed by atoms with Crippen molar-refractivity contribution in [1.29, 1.82) is 0 Å². The van der Waals surface area contributed by atoms with E-state index in [1.807, 2.05) is 13.8 Å². The molecule has 63 heavy (non-hydrogen) atoms. The number of esters is 1. The van der Waals surface area contributed by atoms with Gasteiger partial charge in [-0.15, -0.1) is 0 Å². The summed E-state index contributed by atoms with van der Waals surface area (Å²) in [7, 11) is 4.28. The fraction of sp³-hybridized carbons (Fsp3) is 0.889. The van der Waals surface area contributed by atoms with Crippen molar-refractivity contribution in [3.05, 3.63) is 17.7 Å². The lowest BCUT2D eigenvalue weighted by molar-refractivity contribution is -0.253. The number of nitrogens with zero attached hydrogens (tertiary/aromatic N) is 4. The van der Waals surface area contributed by atoms with E-state index in [2.05, 4.69) is 97.0 Å². The summed E-state index contributed by atoms with van der Waals surface area (Å²) < 4.78 is 8.91. The fourth-order valence-corrected chi connectivity index (χ4v) is 17.6. The first kappa shape index (κ1) is 45.7. The van der Waals surface area contributed by atoms with Gasteiger partial charge in [0.25, 0.3) is 0 Å². The van der Waals surface area contributed by atoms with E-state index in [0.717, 1.165) is 82.5 Å².